The average molecular weight is 484 g/mol. The first-order valence-electron chi connectivity index (χ1n) is 12.9. The van der Waals surface area contributed by atoms with E-state index in [1.807, 2.05) is 12.1 Å². The van der Waals surface area contributed by atoms with Crippen LogP contribution in [0.4, 0.5) is 17.1 Å². The molecule has 5 aromatic rings. The third kappa shape index (κ3) is 3.54. The van der Waals surface area contributed by atoms with Crippen molar-refractivity contribution < 1.29 is 9.90 Å². The summed E-state index contributed by atoms with van der Waals surface area (Å²) >= 11 is 0. The zero-order chi connectivity index (χ0) is 25.6. The van der Waals surface area contributed by atoms with E-state index in [2.05, 4.69) is 104 Å². The van der Waals surface area contributed by atoms with E-state index in [1.54, 1.807) is 12.1 Å². The SMILES string of the molecule is CCC1(CC)c2ccccc2-c2ccc(N(c3ccc(C(=O)O)cc3)c3cccc4ccccc34)cc21. The molecule has 0 fully saturated rings. The van der Waals surface area contributed by atoms with Crippen molar-refractivity contribution in [2.45, 2.75) is 32.1 Å². The van der Waals surface area contributed by atoms with E-state index >= 15 is 0 Å². The van der Waals surface area contributed by atoms with Crippen molar-refractivity contribution in [3.05, 3.63) is 126 Å². The molecule has 182 valence electrons. The Hall–Kier alpha value is -4.37. The standard InChI is InChI=1S/C34H29NO2/c1-3-34(4-2)30-14-8-7-13-28(30)29-21-20-26(22-31(29)34)35(25-18-16-24(17-19-25)33(36)37)32-15-9-11-23-10-5-6-12-27(23)32/h5-22H,3-4H2,1-2H3,(H,36,37). The molecule has 3 heteroatoms. The summed E-state index contributed by atoms with van der Waals surface area (Å²) in [6, 6.07) is 37.6. The molecule has 37 heavy (non-hydrogen) atoms. The van der Waals surface area contributed by atoms with Crippen LogP contribution < -0.4 is 4.90 Å². The maximum atomic E-state index is 11.6. The lowest BCUT2D eigenvalue weighted by Crippen LogP contribution is -2.23. The van der Waals surface area contributed by atoms with Crippen molar-refractivity contribution in [1.29, 1.82) is 0 Å². The molecule has 0 saturated carbocycles. The van der Waals surface area contributed by atoms with Crippen LogP contribution in [0, 0.1) is 0 Å². The molecule has 0 saturated heterocycles. The molecule has 5 aromatic carbocycles. The minimum absolute atomic E-state index is 0.0282. The Kier molecular flexibility index (Phi) is 5.57. The monoisotopic (exact) mass is 483 g/mol. The lowest BCUT2D eigenvalue weighted by Gasteiger charge is -2.32. The van der Waals surface area contributed by atoms with E-state index in [0.717, 1.165) is 40.7 Å². The Bertz CT molecular complexity index is 1620. The Morgan fingerprint density at radius 3 is 2.11 bits per heavy atom. The summed E-state index contributed by atoms with van der Waals surface area (Å²) in [5.74, 6) is -0.922. The molecule has 0 heterocycles. The molecule has 6 rings (SSSR count). The highest BCUT2D eigenvalue weighted by Gasteiger charge is 2.40. The second-order valence-electron chi connectivity index (χ2n) is 9.75. The Morgan fingerprint density at radius 1 is 0.703 bits per heavy atom. The van der Waals surface area contributed by atoms with E-state index in [4.69, 9.17) is 0 Å². The number of carboxylic acids is 1. The molecular formula is C34H29NO2. The molecule has 0 aliphatic heterocycles. The van der Waals surface area contributed by atoms with Crippen molar-refractivity contribution in [3.63, 3.8) is 0 Å². The fourth-order valence-electron chi connectivity index (χ4n) is 6.18. The third-order valence-corrected chi connectivity index (χ3v) is 8.10. The maximum Gasteiger partial charge on any atom is 0.335 e. The van der Waals surface area contributed by atoms with Gasteiger partial charge in [-0.15, -0.1) is 0 Å². The predicted octanol–water partition coefficient (Wildman–Crippen LogP) is 9.09. The molecule has 0 atom stereocenters. The summed E-state index contributed by atoms with van der Waals surface area (Å²) in [7, 11) is 0. The van der Waals surface area contributed by atoms with Crippen molar-refractivity contribution >= 4 is 33.8 Å². The smallest absolute Gasteiger partial charge is 0.335 e. The second kappa shape index (κ2) is 8.94. The maximum absolute atomic E-state index is 11.6. The minimum Gasteiger partial charge on any atom is -0.478 e. The van der Waals surface area contributed by atoms with Crippen LogP contribution in [0.25, 0.3) is 21.9 Å². The van der Waals surface area contributed by atoms with Crippen LogP contribution in [0.5, 0.6) is 0 Å². The minimum atomic E-state index is -0.922. The number of fused-ring (bicyclic) bond motifs is 4. The van der Waals surface area contributed by atoms with Gasteiger partial charge in [-0.05, 0) is 82.9 Å². The summed E-state index contributed by atoms with van der Waals surface area (Å²) < 4.78 is 0. The van der Waals surface area contributed by atoms with Gasteiger partial charge in [0.25, 0.3) is 0 Å². The molecule has 0 spiro atoms. The molecule has 1 N–H and O–H groups in total. The van der Waals surface area contributed by atoms with Crippen LogP contribution in [0.2, 0.25) is 0 Å². The van der Waals surface area contributed by atoms with E-state index in [9.17, 15) is 9.90 Å². The fraction of sp³-hybridized carbons (Fsp3) is 0.147. The van der Waals surface area contributed by atoms with Crippen molar-refractivity contribution in [1.82, 2.24) is 0 Å². The molecule has 1 aliphatic carbocycles. The van der Waals surface area contributed by atoms with Gasteiger partial charge in [0.05, 0.1) is 11.3 Å². The summed E-state index contributed by atoms with van der Waals surface area (Å²) in [6.07, 6.45) is 2.05. The van der Waals surface area contributed by atoms with Crippen molar-refractivity contribution in [3.8, 4) is 11.1 Å². The van der Waals surface area contributed by atoms with Gasteiger partial charge in [0.1, 0.15) is 0 Å². The van der Waals surface area contributed by atoms with Crippen LogP contribution in [0.15, 0.2) is 109 Å². The van der Waals surface area contributed by atoms with Gasteiger partial charge in [-0.25, -0.2) is 4.79 Å². The highest BCUT2D eigenvalue weighted by molar-refractivity contribution is 5.99. The number of hydrogen-bond donors (Lipinski definition) is 1. The summed E-state index contributed by atoms with van der Waals surface area (Å²) in [5.41, 5.74) is 8.72. The number of benzene rings is 5. The lowest BCUT2D eigenvalue weighted by molar-refractivity contribution is 0.0697. The molecule has 0 radical (unpaired) electrons. The number of rotatable bonds is 6. The molecule has 3 nitrogen and oxygen atoms in total. The van der Waals surface area contributed by atoms with Gasteiger partial charge in [0.15, 0.2) is 0 Å². The van der Waals surface area contributed by atoms with Gasteiger partial charge in [0, 0.05) is 22.2 Å². The zero-order valence-electron chi connectivity index (χ0n) is 21.1. The van der Waals surface area contributed by atoms with Crippen LogP contribution >= 0.6 is 0 Å². The van der Waals surface area contributed by atoms with Crippen LogP contribution in [-0.2, 0) is 5.41 Å². The van der Waals surface area contributed by atoms with Crippen molar-refractivity contribution in [2.75, 3.05) is 4.90 Å². The van der Waals surface area contributed by atoms with Gasteiger partial charge < -0.3 is 10.0 Å². The van der Waals surface area contributed by atoms with E-state index in [1.165, 1.54) is 22.3 Å². The summed E-state index contributed by atoms with van der Waals surface area (Å²) in [6.45, 7) is 4.57. The molecular weight excluding hydrogens is 454 g/mol. The van der Waals surface area contributed by atoms with Crippen LogP contribution in [-0.4, -0.2) is 11.1 Å². The quantitative estimate of drug-likeness (QED) is 0.262. The first-order chi connectivity index (χ1) is 18.1. The van der Waals surface area contributed by atoms with E-state index in [0.29, 0.717) is 0 Å². The topological polar surface area (TPSA) is 40.5 Å². The molecule has 0 unspecified atom stereocenters. The Balaban J connectivity index is 1.60. The third-order valence-electron chi connectivity index (χ3n) is 8.10. The number of hydrogen-bond acceptors (Lipinski definition) is 2. The predicted molar refractivity (Wildman–Crippen MR) is 152 cm³/mol. The van der Waals surface area contributed by atoms with E-state index < -0.39 is 5.97 Å². The van der Waals surface area contributed by atoms with Gasteiger partial charge >= 0.3 is 5.97 Å². The van der Waals surface area contributed by atoms with Gasteiger partial charge in [-0.2, -0.15) is 0 Å². The van der Waals surface area contributed by atoms with E-state index in [-0.39, 0.29) is 11.0 Å². The number of carbonyl (C=O) groups is 1. The van der Waals surface area contributed by atoms with Gasteiger partial charge in [-0.3, -0.25) is 0 Å². The molecule has 1 aliphatic rings. The number of nitrogens with zero attached hydrogens (tertiary/aromatic N) is 1. The second-order valence-corrected chi connectivity index (χ2v) is 9.75. The normalized spacial score (nSPS) is 13.2. The number of anilines is 3. The largest absolute Gasteiger partial charge is 0.478 e. The molecule has 0 bridgehead atoms. The van der Waals surface area contributed by atoms with Gasteiger partial charge in [-0.1, -0.05) is 80.6 Å². The van der Waals surface area contributed by atoms with Crippen LogP contribution in [0.3, 0.4) is 0 Å². The first kappa shape index (κ1) is 23.1. The Morgan fingerprint density at radius 2 is 1.35 bits per heavy atom. The van der Waals surface area contributed by atoms with Crippen LogP contribution in [0.1, 0.15) is 48.2 Å². The first-order valence-corrected chi connectivity index (χ1v) is 12.9. The molecule has 0 aromatic heterocycles. The number of aromatic carboxylic acids is 1. The fourth-order valence-corrected chi connectivity index (χ4v) is 6.18. The summed E-state index contributed by atoms with van der Waals surface area (Å²) in [5, 5.41) is 11.8. The lowest BCUT2D eigenvalue weighted by atomic mass is 9.74. The highest BCUT2D eigenvalue weighted by Crippen LogP contribution is 2.54. The number of carboxylic acid groups (broad SMARTS) is 1. The zero-order valence-corrected chi connectivity index (χ0v) is 21.1. The average Bonchev–Trinajstić information content (AvgIpc) is 3.23. The van der Waals surface area contributed by atoms with Crippen molar-refractivity contribution in [2.24, 2.45) is 0 Å². The van der Waals surface area contributed by atoms with Gasteiger partial charge in [0.2, 0.25) is 0 Å². The highest BCUT2D eigenvalue weighted by atomic mass is 16.4. The molecule has 0 amide bonds. The summed E-state index contributed by atoms with van der Waals surface area (Å²) in [4.78, 5) is 13.8. The Labute approximate surface area is 217 Å².